The minimum atomic E-state index is -0.238. The lowest BCUT2D eigenvalue weighted by Gasteiger charge is -2.14. The molecule has 6 heteroatoms. The van der Waals surface area contributed by atoms with Crippen LogP contribution in [0.5, 0.6) is 5.75 Å². The van der Waals surface area contributed by atoms with Crippen molar-refractivity contribution >= 4 is 46.6 Å². The van der Waals surface area contributed by atoms with Crippen LogP contribution < -0.4 is 10.1 Å². The monoisotopic (exact) mass is 383 g/mol. The van der Waals surface area contributed by atoms with E-state index in [2.05, 4.69) is 5.32 Å². The van der Waals surface area contributed by atoms with Gasteiger partial charge in [0.2, 0.25) is 5.91 Å². The van der Waals surface area contributed by atoms with Crippen LogP contribution >= 0.6 is 35.0 Å². The molecule has 2 aromatic carbocycles. The molecule has 2 rings (SSSR count). The number of aryl methyl sites for hydroxylation is 1. The summed E-state index contributed by atoms with van der Waals surface area (Å²) in [5, 5.41) is 3.40. The molecule has 1 amide bonds. The number of thioether (sulfide) groups is 1. The van der Waals surface area contributed by atoms with E-state index < -0.39 is 0 Å². The third-order valence-electron chi connectivity index (χ3n) is 3.38. The molecule has 0 saturated heterocycles. The van der Waals surface area contributed by atoms with Gasteiger partial charge in [0.05, 0.1) is 27.6 Å². The number of para-hydroxylation sites is 2. The summed E-state index contributed by atoms with van der Waals surface area (Å²) in [5.41, 5.74) is 1.55. The fourth-order valence-corrected chi connectivity index (χ4v) is 3.25. The molecule has 1 unspecified atom stereocenters. The minimum Gasteiger partial charge on any atom is -0.492 e. The Labute approximate surface area is 156 Å². The Morgan fingerprint density at radius 3 is 2.50 bits per heavy atom. The van der Waals surface area contributed by atoms with Crippen LogP contribution in [0, 0.1) is 6.92 Å². The molecule has 1 atom stereocenters. The predicted octanol–water partition coefficient (Wildman–Crippen LogP) is 5.44. The zero-order valence-corrected chi connectivity index (χ0v) is 15.8. The number of rotatable bonds is 7. The zero-order valence-electron chi connectivity index (χ0n) is 13.5. The van der Waals surface area contributed by atoms with Gasteiger partial charge in [0, 0.05) is 5.75 Å². The molecule has 0 fully saturated rings. The third-order valence-corrected chi connectivity index (χ3v) is 5.13. The number of amides is 1. The molecular weight excluding hydrogens is 365 g/mol. The predicted molar refractivity (Wildman–Crippen MR) is 104 cm³/mol. The Morgan fingerprint density at radius 2 is 1.83 bits per heavy atom. The van der Waals surface area contributed by atoms with Gasteiger partial charge in [-0.2, -0.15) is 0 Å². The maximum atomic E-state index is 12.2. The summed E-state index contributed by atoms with van der Waals surface area (Å²) in [7, 11) is 0. The van der Waals surface area contributed by atoms with Gasteiger partial charge >= 0.3 is 0 Å². The summed E-state index contributed by atoms with van der Waals surface area (Å²) >= 11 is 13.6. The minimum absolute atomic E-state index is 0.133. The number of carbonyl (C=O) groups excluding carboxylic acids is 1. The highest BCUT2D eigenvalue weighted by atomic mass is 35.5. The molecule has 3 nitrogen and oxygen atoms in total. The van der Waals surface area contributed by atoms with E-state index in [1.807, 2.05) is 38.1 Å². The molecule has 0 heterocycles. The van der Waals surface area contributed by atoms with E-state index in [4.69, 9.17) is 27.9 Å². The molecule has 128 valence electrons. The molecule has 0 aliphatic carbocycles. The molecule has 0 radical (unpaired) electrons. The number of nitrogens with one attached hydrogen (secondary N) is 1. The highest BCUT2D eigenvalue weighted by Crippen LogP contribution is 2.30. The fraction of sp³-hybridized carbons (Fsp3) is 0.278. The fourth-order valence-electron chi connectivity index (χ4n) is 2.01. The van der Waals surface area contributed by atoms with Crippen LogP contribution in [0.2, 0.25) is 10.0 Å². The molecule has 0 saturated carbocycles. The summed E-state index contributed by atoms with van der Waals surface area (Å²) < 4.78 is 5.73. The van der Waals surface area contributed by atoms with E-state index in [-0.39, 0.29) is 11.2 Å². The Balaban J connectivity index is 1.79. The van der Waals surface area contributed by atoms with Gasteiger partial charge in [-0.15, -0.1) is 11.8 Å². The van der Waals surface area contributed by atoms with E-state index in [1.54, 1.807) is 18.2 Å². The van der Waals surface area contributed by atoms with Crippen LogP contribution in [0.3, 0.4) is 0 Å². The highest BCUT2D eigenvalue weighted by Gasteiger charge is 2.16. The van der Waals surface area contributed by atoms with Crippen molar-refractivity contribution in [2.75, 3.05) is 17.7 Å². The lowest BCUT2D eigenvalue weighted by Crippen LogP contribution is -2.23. The number of hydrogen-bond donors (Lipinski definition) is 1. The van der Waals surface area contributed by atoms with E-state index in [0.29, 0.717) is 28.1 Å². The average Bonchev–Trinajstić information content (AvgIpc) is 2.56. The number of anilines is 1. The second kappa shape index (κ2) is 9.21. The largest absolute Gasteiger partial charge is 0.492 e. The SMILES string of the molecule is Cc1ccccc1OCCSC(C)C(=O)Nc1c(Cl)cccc1Cl. The zero-order chi connectivity index (χ0) is 17.5. The molecule has 0 aliphatic heterocycles. The molecule has 24 heavy (non-hydrogen) atoms. The Hall–Kier alpha value is -1.36. The van der Waals surface area contributed by atoms with Crippen LogP contribution in [-0.4, -0.2) is 23.5 Å². The van der Waals surface area contributed by atoms with E-state index in [9.17, 15) is 4.79 Å². The van der Waals surface area contributed by atoms with E-state index >= 15 is 0 Å². The molecule has 1 N–H and O–H groups in total. The number of benzene rings is 2. The highest BCUT2D eigenvalue weighted by molar-refractivity contribution is 8.00. The van der Waals surface area contributed by atoms with Gasteiger partial charge in [0.1, 0.15) is 5.75 Å². The second-order valence-electron chi connectivity index (χ2n) is 5.21. The van der Waals surface area contributed by atoms with Gasteiger partial charge in [-0.05, 0) is 37.6 Å². The summed E-state index contributed by atoms with van der Waals surface area (Å²) in [5.74, 6) is 1.45. The first-order valence-electron chi connectivity index (χ1n) is 7.54. The molecule has 0 aliphatic rings. The number of carbonyl (C=O) groups is 1. The van der Waals surface area contributed by atoms with Crippen molar-refractivity contribution in [2.24, 2.45) is 0 Å². The maximum Gasteiger partial charge on any atom is 0.237 e. The van der Waals surface area contributed by atoms with Gasteiger partial charge in [0.15, 0.2) is 0 Å². The summed E-state index contributed by atoms with van der Waals surface area (Å²) in [6.07, 6.45) is 0. The first-order chi connectivity index (χ1) is 11.5. The van der Waals surface area contributed by atoms with Crippen molar-refractivity contribution in [3.63, 3.8) is 0 Å². The first-order valence-corrected chi connectivity index (χ1v) is 9.34. The second-order valence-corrected chi connectivity index (χ2v) is 7.48. The first kappa shape index (κ1) is 19.0. The normalized spacial score (nSPS) is 11.8. The molecule has 0 aromatic heterocycles. The van der Waals surface area contributed by atoms with Gasteiger partial charge in [-0.25, -0.2) is 0 Å². The lowest BCUT2D eigenvalue weighted by atomic mass is 10.2. The van der Waals surface area contributed by atoms with Crippen LogP contribution in [-0.2, 0) is 4.79 Å². The molecular formula is C18H19Cl2NO2S. The topological polar surface area (TPSA) is 38.3 Å². The van der Waals surface area contributed by atoms with Crippen LogP contribution in [0.4, 0.5) is 5.69 Å². The van der Waals surface area contributed by atoms with Crippen molar-refractivity contribution < 1.29 is 9.53 Å². The summed E-state index contributed by atoms with van der Waals surface area (Å²) in [6.45, 7) is 4.39. The van der Waals surface area contributed by atoms with Gasteiger partial charge in [-0.1, -0.05) is 47.5 Å². The van der Waals surface area contributed by atoms with Crippen molar-refractivity contribution in [1.82, 2.24) is 0 Å². The Morgan fingerprint density at radius 1 is 1.17 bits per heavy atom. The van der Waals surface area contributed by atoms with Crippen molar-refractivity contribution in [2.45, 2.75) is 19.1 Å². The van der Waals surface area contributed by atoms with E-state index in [1.165, 1.54) is 11.8 Å². The summed E-state index contributed by atoms with van der Waals surface area (Å²) in [6, 6.07) is 13.0. The molecule has 0 spiro atoms. The van der Waals surface area contributed by atoms with Crippen molar-refractivity contribution in [3.05, 3.63) is 58.1 Å². The van der Waals surface area contributed by atoms with Gasteiger partial charge in [0.25, 0.3) is 0 Å². The average molecular weight is 384 g/mol. The van der Waals surface area contributed by atoms with Crippen molar-refractivity contribution in [1.29, 1.82) is 0 Å². The Bertz CT molecular complexity index is 689. The number of hydrogen-bond acceptors (Lipinski definition) is 3. The third kappa shape index (κ3) is 5.33. The van der Waals surface area contributed by atoms with E-state index in [0.717, 1.165) is 11.3 Å². The molecule has 0 bridgehead atoms. The van der Waals surface area contributed by atoms with Crippen LogP contribution in [0.15, 0.2) is 42.5 Å². The van der Waals surface area contributed by atoms with Crippen molar-refractivity contribution in [3.8, 4) is 5.75 Å². The quantitative estimate of drug-likeness (QED) is 0.646. The Kier molecular flexibility index (Phi) is 7.28. The summed E-state index contributed by atoms with van der Waals surface area (Å²) in [4.78, 5) is 12.2. The van der Waals surface area contributed by atoms with Gasteiger partial charge in [-0.3, -0.25) is 4.79 Å². The van der Waals surface area contributed by atoms with Gasteiger partial charge < -0.3 is 10.1 Å². The number of halogens is 2. The smallest absolute Gasteiger partial charge is 0.237 e. The van der Waals surface area contributed by atoms with Crippen LogP contribution in [0.25, 0.3) is 0 Å². The molecule has 2 aromatic rings. The lowest BCUT2D eigenvalue weighted by molar-refractivity contribution is -0.115. The standard InChI is InChI=1S/C18H19Cl2NO2S/c1-12-6-3-4-9-16(12)23-10-11-24-13(2)18(22)21-17-14(19)7-5-8-15(17)20/h3-9,13H,10-11H2,1-2H3,(H,21,22). The number of ether oxygens (including phenoxy) is 1. The van der Waals surface area contributed by atoms with Crippen LogP contribution in [0.1, 0.15) is 12.5 Å². The maximum absolute atomic E-state index is 12.2.